The Hall–Kier alpha value is -3.42. The molecule has 0 radical (unpaired) electrons. The van der Waals surface area contributed by atoms with Crippen molar-refractivity contribution < 1.29 is 19.0 Å². The van der Waals surface area contributed by atoms with Gasteiger partial charge in [-0.3, -0.25) is 4.79 Å². The number of ether oxygens (including phenoxy) is 3. The maximum absolute atomic E-state index is 14.0. The summed E-state index contributed by atoms with van der Waals surface area (Å²) in [6.07, 6.45) is 1.95. The van der Waals surface area contributed by atoms with Gasteiger partial charge in [0.05, 0.1) is 42.0 Å². The third kappa shape index (κ3) is 4.94. The smallest absolute Gasteiger partial charge is 0.258 e. The number of aromatic nitrogens is 1. The number of thiophene rings is 1. The molecule has 0 bridgehead atoms. The van der Waals surface area contributed by atoms with Gasteiger partial charge in [-0.05, 0) is 66.6 Å². The molecule has 0 aliphatic carbocycles. The number of rotatable bonds is 8. The molecule has 186 valence electrons. The first-order valence-electron chi connectivity index (χ1n) is 12.1. The van der Waals surface area contributed by atoms with Gasteiger partial charge in [-0.1, -0.05) is 24.3 Å². The van der Waals surface area contributed by atoms with Crippen LogP contribution in [0.25, 0.3) is 21.5 Å². The third-order valence-corrected chi connectivity index (χ3v) is 7.41. The highest BCUT2D eigenvalue weighted by Gasteiger charge is 2.28. The number of fused-ring (bicyclic) bond motifs is 1. The Balaban J connectivity index is 1.58. The van der Waals surface area contributed by atoms with Gasteiger partial charge in [0.1, 0.15) is 0 Å². The van der Waals surface area contributed by atoms with Crippen LogP contribution in [0.15, 0.2) is 60.0 Å². The van der Waals surface area contributed by atoms with Gasteiger partial charge in [-0.2, -0.15) is 0 Å². The highest BCUT2D eigenvalue weighted by Crippen LogP contribution is 2.34. The zero-order chi connectivity index (χ0) is 25.1. The summed E-state index contributed by atoms with van der Waals surface area (Å²) in [5.74, 6) is 0.845. The lowest BCUT2D eigenvalue weighted by atomic mass is 10.0. The molecule has 1 amide bonds. The van der Waals surface area contributed by atoms with Gasteiger partial charge in [0, 0.05) is 25.1 Å². The van der Waals surface area contributed by atoms with E-state index in [-0.39, 0.29) is 12.0 Å². The lowest BCUT2D eigenvalue weighted by Crippen LogP contribution is -2.37. The summed E-state index contributed by atoms with van der Waals surface area (Å²) in [5, 5.41) is 3.11. The van der Waals surface area contributed by atoms with E-state index in [1.165, 1.54) is 5.56 Å². The Morgan fingerprint density at radius 2 is 2.03 bits per heavy atom. The second kappa shape index (κ2) is 10.7. The number of carbonyl (C=O) groups is 1. The molecule has 1 unspecified atom stereocenters. The van der Waals surface area contributed by atoms with E-state index in [0.29, 0.717) is 30.2 Å². The van der Waals surface area contributed by atoms with E-state index in [0.717, 1.165) is 46.5 Å². The summed E-state index contributed by atoms with van der Waals surface area (Å²) in [7, 11) is 3.13. The Labute approximate surface area is 215 Å². The molecule has 36 heavy (non-hydrogen) atoms. The second-order valence-electron chi connectivity index (χ2n) is 9.03. The van der Waals surface area contributed by atoms with Crippen LogP contribution in [-0.2, 0) is 11.3 Å². The average molecular weight is 503 g/mol. The normalized spacial score (nSPS) is 15.2. The van der Waals surface area contributed by atoms with Crippen LogP contribution in [0.5, 0.6) is 11.5 Å². The minimum Gasteiger partial charge on any atom is -0.493 e. The number of hydrogen-bond donors (Lipinski definition) is 0. The first-order chi connectivity index (χ1) is 17.6. The number of para-hydroxylation sites is 1. The molecule has 0 N–H and O–H groups in total. The molecule has 3 heterocycles. The first-order valence-corrected chi connectivity index (χ1v) is 13.0. The maximum Gasteiger partial charge on any atom is 0.258 e. The molecule has 1 fully saturated rings. The number of carbonyl (C=O) groups excluding carboxylic acids is 1. The molecule has 5 rings (SSSR count). The van der Waals surface area contributed by atoms with Crippen LogP contribution in [-0.4, -0.2) is 49.3 Å². The number of hydrogen-bond acceptors (Lipinski definition) is 6. The zero-order valence-electron chi connectivity index (χ0n) is 20.8. The SMILES string of the molecule is COc1cccc(C(=O)N(Cc2cc3ccc(C)cc3nc2-c2cccs2)CC2CCCO2)c1OC. The van der Waals surface area contributed by atoms with Crippen molar-refractivity contribution in [2.45, 2.75) is 32.4 Å². The van der Waals surface area contributed by atoms with E-state index in [4.69, 9.17) is 19.2 Å². The van der Waals surface area contributed by atoms with E-state index in [1.807, 2.05) is 17.0 Å². The molecule has 0 saturated carbocycles. The predicted octanol–water partition coefficient (Wildman–Crippen LogP) is 6.11. The largest absolute Gasteiger partial charge is 0.493 e. The van der Waals surface area contributed by atoms with Gasteiger partial charge in [0.2, 0.25) is 0 Å². The quantitative estimate of drug-likeness (QED) is 0.291. The number of amides is 1. The summed E-state index contributed by atoms with van der Waals surface area (Å²) >= 11 is 1.65. The first kappa shape index (κ1) is 24.3. The molecular formula is C29H30N2O4S. The molecule has 1 saturated heterocycles. The number of nitrogens with zero attached hydrogens (tertiary/aromatic N) is 2. The highest BCUT2D eigenvalue weighted by molar-refractivity contribution is 7.13. The van der Waals surface area contributed by atoms with Crippen molar-refractivity contribution >= 4 is 28.1 Å². The maximum atomic E-state index is 14.0. The Morgan fingerprint density at radius 1 is 1.14 bits per heavy atom. The van der Waals surface area contributed by atoms with E-state index in [2.05, 4.69) is 42.6 Å². The topological polar surface area (TPSA) is 60.9 Å². The highest BCUT2D eigenvalue weighted by atomic mass is 32.1. The number of aryl methyl sites for hydroxylation is 1. The number of methoxy groups -OCH3 is 2. The van der Waals surface area contributed by atoms with E-state index < -0.39 is 0 Å². The van der Waals surface area contributed by atoms with Crippen LogP contribution >= 0.6 is 11.3 Å². The van der Waals surface area contributed by atoms with E-state index >= 15 is 0 Å². The van der Waals surface area contributed by atoms with E-state index in [1.54, 1.807) is 37.7 Å². The van der Waals surface area contributed by atoms with Crippen LogP contribution in [0.3, 0.4) is 0 Å². The lowest BCUT2D eigenvalue weighted by molar-refractivity contribution is 0.0504. The van der Waals surface area contributed by atoms with Crippen LogP contribution in [0.1, 0.15) is 34.3 Å². The molecule has 0 spiro atoms. The van der Waals surface area contributed by atoms with Gasteiger partial charge in [-0.15, -0.1) is 11.3 Å². The molecule has 6 nitrogen and oxygen atoms in total. The molecule has 2 aromatic heterocycles. The van der Waals surface area contributed by atoms with Gasteiger partial charge >= 0.3 is 0 Å². The van der Waals surface area contributed by atoms with Crippen LogP contribution in [0.4, 0.5) is 0 Å². The van der Waals surface area contributed by atoms with Crippen LogP contribution < -0.4 is 9.47 Å². The van der Waals surface area contributed by atoms with Crippen LogP contribution in [0, 0.1) is 6.92 Å². The zero-order valence-corrected chi connectivity index (χ0v) is 21.6. The van der Waals surface area contributed by atoms with Crippen molar-refractivity contribution in [1.29, 1.82) is 0 Å². The molecule has 1 aliphatic rings. The molecule has 2 aromatic carbocycles. The van der Waals surface area contributed by atoms with Gasteiger partial charge < -0.3 is 19.1 Å². The molecular weight excluding hydrogens is 472 g/mol. The van der Waals surface area contributed by atoms with Gasteiger partial charge in [-0.25, -0.2) is 4.98 Å². The van der Waals surface area contributed by atoms with Gasteiger partial charge in [0.15, 0.2) is 11.5 Å². The molecule has 7 heteroatoms. The standard InChI is InChI=1S/C29H30N2O4S/c1-19-11-12-20-16-21(27(30-24(20)15-19)26-10-6-14-36-26)17-31(18-22-7-5-13-35-22)29(32)23-8-4-9-25(33-2)28(23)34-3/h4,6,8-12,14-16,22H,5,7,13,17-18H2,1-3H3. The predicted molar refractivity (Wildman–Crippen MR) is 143 cm³/mol. The summed E-state index contributed by atoms with van der Waals surface area (Å²) in [6.45, 7) is 3.70. The Kier molecular flexibility index (Phi) is 7.20. The van der Waals surface area contributed by atoms with Crippen LogP contribution in [0.2, 0.25) is 0 Å². The summed E-state index contributed by atoms with van der Waals surface area (Å²) in [6, 6.07) is 18.0. The summed E-state index contributed by atoms with van der Waals surface area (Å²) in [5.41, 5.74) is 4.50. The monoisotopic (exact) mass is 502 g/mol. The van der Waals surface area contributed by atoms with Crippen molar-refractivity contribution in [3.05, 3.63) is 76.7 Å². The second-order valence-corrected chi connectivity index (χ2v) is 9.98. The van der Waals surface area contributed by atoms with Crippen molar-refractivity contribution in [2.24, 2.45) is 0 Å². The van der Waals surface area contributed by atoms with Crippen molar-refractivity contribution in [1.82, 2.24) is 9.88 Å². The van der Waals surface area contributed by atoms with E-state index in [9.17, 15) is 4.79 Å². The van der Waals surface area contributed by atoms with Crippen molar-refractivity contribution in [2.75, 3.05) is 27.4 Å². The average Bonchev–Trinajstić information content (AvgIpc) is 3.62. The molecule has 4 aromatic rings. The summed E-state index contributed by atoms with van der Waals surface area (Å²) < 4.78 is 17.0. The van der Waals surface area contributed by atoms with Gasteiger partial charge in [0.25, 0.3) is 5.91 Å². The Bertz CT molecular complexity index is 1360. The fraction of sp³-hybridized carbons (Fsp3) is 0.310. The minimum atomic E-state index is -0.123. The number of benzene rings is 2. The summed E-state index contributed by atoms with van der Waals surface area (Å²) in [4.78, 5) is 22.0. The Morgan fingerprint density at radius 3 is 2.75 bits per heavy atom. The fourth-order valence-electron chi connectivity index (χ4n) is 4.75. The minimum absolute atomic E-state index is 0.00630. The fourth-order valence-corrected chi connectivity index (χ4v) is 5.50. The van der Waals surface area contributed by atoms with Crippen molar-refractivity contribution in [3.63, 3.8) is 0 Å². The molecule has 1 atom stereocenters. The molecule has 1 aliphatic heterocycles. The number of pyridine rings is 1. The third-order valence-electron chi connectivity index (χ3n) is 6.54. The lowest BCUT2D eigenvalue weighted by Gasteiger charge is -2.27. The van der Waals surface area contributed by atoms with Crippen molar-refractivity contribution in [3.8, 4) is 22.1 Å².